The number of hydrogen-bond donors (Lipinski definition) is 1. The summed E-state index contributed by atoms with van der Waals surface area (Å²) in [6.45, 7) is 0.476. The van der Waals surface area contributed by atoms with Gasteiger partial charge in [0.05, 0.1) is 19.3 Å². The van der Waals surface area contributed by atoms with Crippen LogP contribution in [0.5, 0.6) is 0 Å². The molecular formula is C12H11IN2O2. The molecule has 0 spiro atoms. The van der Waals surface area contributed by atoms with Crippen molar-refractivity contribution in [3.63, 3.8) is 0 Å². The number of hydrogen-bond acceptors (Lipinski definition) is 3. The molecule has 88 valence electrons. The Hall–Kier alpha value is -1.21. The Balaban J connectivity index is 2.22. The van der Waals surface area contributed by atoms with Crippen LogP contribution in [0.3, 0.4) is 0 Å². The Labute approximate surface area is 112 Å². The number of rotatable bonds is 3. The van der Waals surface area contributed by atoms with Gasteiger partial charge in [-0.05, 0) is 33.7 Å². The quantitative estimate of drug-likeness (QED) is 0.858. The summed E-state index contributed by atoms with van der Waals surface area (Å²) in [5.74, 6) is 0. The topological polar surface area (TPSA) is 55.1 Å². The van der Waals surface area contributed by atoms with Crippen molar-refractivity contribution in [2.24, 2.45) is 0 Å². The highest BCUT2D eigenvalue weighted by atomic mass is 127. The molecule has 0 unspecified atom stereocenters. The van der Waals surface area contributed by atoms with Gasteiger partial charge in [-0.25, -0.2) is 4.68 Å². The van der Waals surface area contributed by atoms with E-state index < -0.39 is 0 Å². The molecule has 1 N–H and O–H groups in total. The minimum absolute atomic E-state index is 0.0298. The Morgan fingerprint density at radius 2 is 1.88 bits per heavy atom. The van der Waals surface area contributed by atoms with Crippen LogP contribution in [0, 0.1) is 3.57 Å². The van der Waals surface area contributed by atoms with Crippen molar-refractivity contribution in [3.8, 4) is 0 Å². The molecule has 4 nitrogen and oxygen atoms in total. The molecule has 1 heterocycles. The molecule has 2 aromatic rings. The largest absolute Gasteiger partial charge is 0.392 e. The number of aliphatic hydroxyl groups excluding tert-OH is 1. The zero-order chi connectivity index (χ0) is 12.3. The third-order valence-electron chi connectivity index (χ3n) is 2.37. The smallest absolute Gasteiger partial charge is 0.268 e. The fourth-order valence-electron chi connectivity index (χ4n) is 1.45. The second-order valence-electron chi connectivity index (χ2n) is 3.64. The van der Waals surface area contributed by atoms with Crippen LogP contribution in [0.4, 0.5) is 0 Å². The van der Waals surface area contributed by atoms with Gasteiger partial charge in [-0.3, -0.25) is 4.79 Å². The first-order chi connectivity index (χ1) is 8.19. The van der Waals surface area contributed by atoms with Crippen LogP contribution >= 0.6 is 22.6 Å². The van der Waals surface area contributed by atoms with Crippen molar-refractivity contribution >= 4 is 22.6 Å². The van der Waals surface area contributed by atoms with Gasteiger partial charge in [0.15, 0.2) is 0 Å². The normalized spacial score (nSPS) is 10.5. The second-order valence-corrected chi connectivity index (χ2v) is 4.89. The molecule has 1 aromatic carbocycles. The van der Waals surface area contributed by atoms with E-state index >= 15 is 0 Å². The van der Waals surface area contributed by atoms with E-state index in [0.717, 1.165) is 14.7 Å². The average molecular weight is 342 g/mol. The molecule has 17 heavy (non-hydrogen) atoms. The lowest BCUT2D eigenvalue weighted by molar-refractivity contribution is 0.282. The number of nitrogens with zero attached hydrogens (tertiary/aromatic N) is 2. The molecule has 0 saturated carbocycles. The van der Waals surface area contributed by atoms with Crippen molar-refractivity contribution in [2.45, 2.75) is 13.2 Å². The predicted molar refractivity (Wildman–Crippen MR) is 72.7 cm³/mol. The first-order valence-electron chi connectivity index (χ1n) is 5.10. The minimum Gasteiger partial charge on any atom is -0.392 e. The maximum atomic E-state index is 11.6. The first-order valence-corrected chi connectivity index (χ1v) is 6.18. The van der Waals surface area contributed by atoms with Gasteiger partial charge < -0.3 is 5.11 Å². The summed E-state index contributed by atoms with van der Waals surface area (Å²) in [7, 11) is 0. The van der Waals surface area contributed by atoms with E-state index in [1.54, 1.807) is 12.3 Å². The van der Waals surface area contributed by atoms with Crippen molar-refractivity contribution in [1.29, 1.82) is 0 Å². The molecule has 0 bridgehead atoms. The van der Waals surface area contributed by atoms with E-state index in [1.165, 1.54) is 4.68 Å². The maximum absolute atomic E-state index is 11.6. The van der Waals surface area contributed by atoms with Crippen molar-refractivity contribution in [1.82, 2.24) is 9.78 Å². The molecular weight excluding hydrogens is 331 g/mol. The fraction of sp³-hybridized carbons (Fsp3) is 0.167. The second kappa shape index (κ2) is 5.42. The van der Waals surface area contributed by atoms with Gasteiger partial charge in [0.25, 0.3) is 5.56 Å². The SMILES string of the molecule is O=c1cc(I)cnn1Cc1ccc(CO)cc1. The maximum Gasteiger partial charge on any atom is 0.268 e. The number of halogens is 1. The summed E-state index contributed by atoms with van der Waals surface area (Å²) in [5, 5.41) is 13.0. The van der Waals surface area contributed by atoms with Crippen LogP contribution in [-0.2, 0) is 13.2 Å². The summed E-state index contributed by atoms with van der Waals surface area (Å²) < 4.78 is 2.25. The lowest BCUT2D eigenvalue weighted by Crippen LogP contribution is -2.22. The highest BCUT2D eigenvalue weighted by molar-refractivity contribution is 14.1. The number of aliphatic hydroxyl groups is 1. The first kappa shape index (κ1) is 12.3. The summed E-state index contributed by atoms with van der Waals surface area (Å²) >= 11 is 2.06. The highest BCUT2D eigenvalue weighted by Crippen LogP contribution is 2.05. The molecule has 0 amide bonds. The van der Waals surface area contributed by atoms with E-state index in [0.29, 0.717) is 6.54 Å². The molecule has 2 rings (SSSR count). The molecule has 0 aliphatic heterocycles. The number of aromatic nitrogens is 2. The molecule has 0 saturated heterocycles. The van der Waals surface area contributed by atoms with Crippen LogP contribution in [0.1, 0.15) is 11.1 Å². The van der Waals surface area contributed by atoms with Crippen LogP contribution in [0.15, 0.2) is 41.3 Å². The van der Waals surface area contributed by atoms with Crippen molar-refractivity contribution in [2.75, 3.05) is 0 Å². The van der Waals surface area contributed by atoms with Gasteiger partial charge in [-0.1, -0.05) is 24.3 Å². The average Bonchev–Trinajstić information content (AvgIpc) is 2.34. The van der Waals surface area contributed by atoms with E-state index in [4.69, 9.17) is 5.11 Å². The highest BCUT2D eigenvalue weighted by Gasteiger charge is 2.00. The molecule has 0 aliphatic carbocycles. The monoisotopic (exact) mass is 342 g/mol. The van der Waals surface area contributed by atoms with E-state index in [1.807, 2.05) is 24.3 Å². The standard InChI is InChI=1S/C12H11IN2O2/c13-11-5-12(17)15(14-6-11)7-9-1-3-10(8-16)4-2-9/h1-6,16H,7-8H2. The molecule has 0 radical (unpaired) electrons. The molecule has 0 atom stereocenters. The Morgan fingerprint density at radius 3 is 2.47 bits per heavy atom. The molecule has 0 aliphatic rings. The van der Waals surface area contributed by atoms with Gasteiger partial charge in [-0.15, -0.1) is 0 Å². The summed E-state index contributed by atoms with van der Waals surface area (Å²) in [5.41, 5.74) is 1.73. The van der Waals surface area contributed by atoms with E-state index in [9.17, 15) is 4.79 Å². The van der Waals surface area contributed by atoms with Gasteiger partial charge in [0.2, 0.25) is 0 Å². The van der Waals surface area contributed by atoms with Crippen LogP contribution < -0.4 is 5.56 Å². The van der Waals surface area contributed by atoms with Crippen molar-refractivity contribution in [3.05, 3.63) is 61.6 Å². The van der Waals surface area contributed by atoms with Crippen LogP contribution in [0.25, 0.3) is 0 Å². The molecule has 0 fully saturated rings. The van der Waals surface area contributed by atoms with Crippen molar-refractivity contribution < 1.29 is 5.11 Å². The zero-order valence-electron chi connectivity index (χ0n) is 9.01. The lowest BCUT2D eigenvalue weighted by atomic mass is 10.1. The van der Waals surface area contributed by atoms with Gasteiger partial charge >= 0.3 is 0 Å². The third kappa shape index (κ3) is 3.13. The Morgan fingerprint density at radius 1 is 1.24 bits per heavy atom. The fourth-order valence-corrected chi connectivity index (χ4v) is 1.84. The zero-order valence-corrected chi connectivity index (χ0v) is 11.2. The van der Waals surface area contributed by atoms with Crippen LogP contribution in [-0.4, -0.2) is 14.9 Å². The lowest BCUT2D eigenvalue weighted by Gasteiger charge is -2.05. The van der Waals surface area contributed by atoms with E-state index in [-0.39, 0.29) is 12.2 Å². The van der Waals surface area contributed by atoms with Gasteiger partial charge in [0.1, 0.15) is 0 Å². The summed E-state index contributed by atoms with van der Waals surface area (Å²) in [6, 6.07) is 9.01. The molecule has 1 aromatic heterocycles. The predicted octanol–water partition coefficient (Wildman–Crippen LogP) is 1.39. The number of benzene rings is 1. The van der Waals surface area contributed by atoms with E-state index in [2.05, 4.69) is 27.7 Å². The Kier molecular flexibility index (Phi) is 3.90. The summed E-state index contributed by atoms with van der Waals surface area (Å²) in [6.07, 6.45) is 1.66. The minimum atomic E-state index is -0.108. The summed E-state index contributed by atoms with van der Waals surface area (Å²) in [4.78, 5) is 11.6. The third-order valence-corrected chi connectivity index (χ3v) is 2.96. The molecule has 5 heteroatoms. The van der Waals surface area contributed by atoms with Crippen LogP contribution in [0.2, 0.25) is 0 Å². The van der Waals surface area contributed by atoms with Gasteiger partial charge in [-0.2, -0.15) is 5.10 Å². The van der Waals surface area contributed by atoms with Gasteiger partial charge in [0, 0.05) is 9.64 Å². The Bertz CT molecular complexity index is 563.